The molecule has 0 atom stereocenters. The summed E-state index contributed by atoms with van der Waals surface area (Å²) in [5.74, 6) is -3.50. The Bertz CT molecular complexity index is 4300. The molecule has 0 amide bonds. The largest absolute Gasteiger partial charge is 4.00 e. The minimum absolute atomic E-state index is 0. The van der Waals surface area contributed by atoms with Gasteiger partial charge in [0, 0.05) is 23.7 Å². The zero-order valence-corrected chi connectivity index (χ0v) is 82.8. The van der Waals surface area contributed by atoms with Crippen molar-refractivity contribution in [2.45, 2.75) is 289 Å². The van der Waals surface area contributed by atoms with Crippen LogP contribution in [0.3, 0.4) is 0 Å². The van der Waals surface area contributed by atoms with Crippen molar-refractivity contribution in [1.82, 2.24) is 0 Å². The molecule has 10 rings (SSSR count). The normalized spacial score (nSPS) is 12.7. The van der Waals surface area contributed by atoms with Gasteiger partial charge in [0.05, 0.1) is 0 Å². The van der Waals surface area contributed by atoms with Gasteiger partial charge in [-0.25, -0.2) is 0 Å². The molecule has 0 aliphatic rings. The Kier molecular flexibility index (Phi) is 28.0. The third kappa shape index (κ3) is 20.1. The zero-order chi connectivity index (χ0) is 84.1. The summed E-state index contributed by atoms with van der Waals surface area (Å²) in [5, 5.41) is 118. The van der Waals surface area contributed by atoms with E-state index in [0.717, 1.165) is 66.8 Å². The molecule has 0 radical (unpaired) electrons. The second-order valence-electron chi connectivity index (χ2n) is 40.9. The molecule has 114 heavy (non-hydrogen) atoms. The standard InChI is InChI=1S/2C52H66O4.2U/c2*1-29-20-35(45(53)39(24-29)49(5,6)7)43(36-21-30(2)25-40(46(36)54)50(8,9)10)33-18-17-19-34(28-33)44(37-22-31(3)26-41(47(37)55)51(11,12)13)38-23-32(4)27-42(48(38)56)52(14,15)16;;/h2*17-28,43-44,53-56H,1-16H3;;/q;;2*+4/p-8. The van der Waals surface area contributed by atoms with Crippen molar-refractivity contribution in [3.8, 4) is 46.0 Å². The smallest absolute Gasteiger partial charge is 0.872 e. The summed E-state index contributed by atoms with van der Waals surface area (Å²) in [6.07, 6.45) is 0. The zero-order valence-electron chi connectivity index (χ0n) is 74.4. The summed E-state index contributed by atoms with van der Waals surface area (Å²) in [6.45, 7) is 65.0. The summed E-state index contributed by atoms with van der Waals surface area (Å²) in [5.41, 5.74) is 16.9. The Morgan fingerprint density at radius 1 is 0.175 bits per heavy atom. The van der Waals surface area contributed by atoms with Crippen LogP contribution in [0.2, 0.25) is 0 Å². The molecule has 0 fully saturated rings. The molecule has 0 aliphatic carbocycles. The molecule has 0 saturated carbocycles. The van der Waals surface area contributed by atoms with Gasteiger partial charge in [-0.2, -0.15) is 0 Å². The van der Waals surface area contributed by atoms with E-state index in [2.05, 4.69) is 0 Å². The molecule has 596 valence electrons. The quantitative estimate of drug-likeness (QED) is 0.108. The Morgan fingerprint density at radius 2 is 0.281 bits per heavy atom. The summed E-state index contributed by atoms with van der Waals surface area (Å²) in [4.78, 5) is 0. The van der Waals surface area contributed by atoms with Crippen LogP contribution in [-0.2, 0) is 43.3 Å². The average Bonchev–Trinajstić information content (AvgIpc) is 0.746. The first-order valence-electron chi connectivity index (χ1n) is 40.0. The van der Waals surface area contributed by atoms with E-state index in [1.807, 2.05) is 367 Å². The average molecular weight is 1980 g/mol. The van der Waals surface area contributed by atoms with Gasteiger partial charge in [0.2, 0.25) is 0 Å². The fourth-order valence-electron chi connectivity index (χ4n) is 16.5. The molecular weight excluding hydrogens is 1850 g/mol. The van der Waals surface area contributed by atoms with Gasteiger partial charge in [0.15, 0.2) is 0 Å². The van der Waals surface area contributed by atoms with Gasteiger partial charge in [-0.05, 0) is 210 Å². The van der Waals surface area contributed by atoms with E-state index in [0.29, 0.717) is 89.0 Å². The molecule has 8 nitrogen and oxygen atoms in total. The van der Waals surface area contributed by atoms with Crippen LogP contribution in [0.15, 0.2) is 146 Å². The number of aryl methyl sites for hydroxylation is 8. The number of rotatable bonds is 12. The Labute approximate surface area is 732 Å². The van der Waals surface area contributed by atoms with Gasteiger partial charge in [-0.1, -0.05) is 356 Å². The van der Waals surface area contributed by atoms with Crippen LogP contribution in [0, 0.1) is 118 Å². The molecule has 10 heteroatoms. The SMILES string of the molecule is Cc1cc(C(c2cccc(C(c3cc(C)cc(C(C)(C)C)c3[O-])c3cc(C)cc(C(C)(C)C)c3[O-])c2)c2cc(C)cc(C(C)(C)C)c2[O-])c([O-])c(C(C)(C)C)c1.Cc1cc(C(c2cccc(C(c3cc(C)cc(C(C)(C)C)c3[O-])c3cc(C)cc(C(C)(C)C)c3[O-])c2)c2cc(C)cc(C(C)(C)C)c2[O-])c([O-])c(C(C)(C)C)c1.[U+4].[U+4]. The van der Waals surface area contributed by atoms with Crippen molar-refractivity contribution >= 4 is 0 Å². The molecular formula is C104H124O8U2. The maximum Gasteiger partial charge on any atom is 4.00 e. The van der Waals surface area contributed by atoms with Crippen molar-refractivity contribution in [2.24, 2.45) is 0 Å². The van der Waals surface area contributed by atoms with Crippen LogP contribution >= 0.6 is 0 Å². The minimum Gasteiger partial charge on any atom is -0.872 e. The first kappa shape index (κ1) is 93.9. The van der Waals surface area contributed by atoms with Gasteiger partial charge >= 0.3 is 62.2 Å². The molecule has 10 aromatic carbocycles. The second kappa shape index (κ2) is 34.0. The fourth-order valence-corrected chi connectivity index (χ4v) is 16.5. The maximum atomic E-state index is 14.7. The number of benzene rings is 10. The molecule has 0 bridgehead atoms. The van der Waals surface area contributed by atoms with Crippen molar-refractivity contribution in [3.05, 3.63) is 301 Å². The minimum atomic E-state index is -0.707. The molecule has 0 N–H and O–H groups in total. The van der Waals surface area contributed by atoms with E-state index < -0.39 is 67.0 Å². The monoisotopic (exact) mass is 1980 g/mol. The van der Waals surface area contributed by atoms with Crippen molar-refractivity contribution in [3.63, 3.8) is 0 Å². The van der Waals surface area contributed by atoms with Crippen LogP contribution in [0.1, 0.15) is 346 Å². The third-order valence-corrected chi connectivity index (χ3v) is 22.2. The topological polar surface area (TPSA) is 184 Å². The third-order valence-electron chi connectivity index (χ3n) is 22.2. The predicted molar refractivity (Wildman–Crippen MR) is 451 cm³/mol. The van der Waals surface area contributed by atoms with E-state index in [1.54, 1.807) is 0 Å². The summed E-state index contributed by atoms with van der Waals surface area (Å²) in [7, 11) is 0. The van der Waals surface area contributed by atoms with E-state index in [4.69, 9.17) is 0 Å². The van der Waals surface area contributed by atoms with Crippen molar-refractivity contribution in [2.75, 3.05) is 0 Å². The Morgan fingerprint density at radius 3 is 0.377 bits per heavy atom. The van der Waals surface area contributed by atoms with Crippen LogP contribution in [0.4, 0.5) is 0 Å². The maximum absolute atomic E-state index is 14.7. The summed E-state index contributed by atoms with van der Waals surface area (Å²) < 4.78 is 0. The molecule has 0 unspecified atom stereocenters. The summed E-state index contributed by atoms with van der Waals surface area (Å²) >= 11 is 0. The van der Waals surface area contributed by atoms with E-state index in [9.17, 15) is 40.9 Å². The van der Waals surface area contributed by atoms with Crippen molar-refractivity contribution < 1.29 is 103 Å². The second-order valence-corrected chi connectivity index (χ2v) is 40.9. The van der Waals surface area contributed by atoms with Gasteiger partial charge in [0.25, 0.3) is 0 Å². The fraction of sp³-hybridized carbons (Fsp3) is 0.423. The van der Waals surface area contributed by atoms with E-state index >= 15 is 0 Å². The van der Waals surface area contributed by atoms with Crippen LogP contribution in [0.5, 0.6) is 46.0 Å². The molecule has 0 aliphatic heterocycles. The van der Waals surface area contributed by atoms with E-state index in [1.165, 1.54) is 0 Å². The van der Waals surface area contributed by atoms with Gasteiger partial charge in [0.1, 0.15) is 0 Å². The van der Waals surface area contributed by atoms with Crippen molar-refractivity contribution in [1.29, 1.82) is 0 Å². The Balaban J connectivity index is 0.000000310. The first-order valence-corrected chi connectivity index (χ1v) is 40.0. The van der Waals surface area contributed by atoms with Crippen LogP contribution < -0.4 is 40.9 Å². The first-order chi connectivity index (χ1) is 51.2. The molecule has 0 saturated heterocycles. The molecule has 0 spiro atoms. The molecule has 0 aromatic heterocycles. The molecule has 10 aromatic rings. The molecule has 0 heterocycles. The van der Waals surface area contributed by atoms with Gasteiger partial charge < -0.3 is 40.9 Å². The van der Waals surface area contributed by atoms with Crippen LogP contribution in [-0.4, -0.2) is 0 Å². The van der Waals surface area contributed by atoms with Crippen LogP contribution in [0.25, 0.3) is 0 Å². The van der Waals surface area contributed by atoms with E-state index in [-0.39, 0.29) is 108 Å². The van der Waals surface area contributed by atoms with Gasteiger partial charge in [-0.15, -0.1) is 46.0 Å². The Hall–Kier alpha value is -7.30. The number of hydrogen-bond donors (Lipinski definition) is 0. The number of hydrogen-bond acceptors (Lipinski definition) is 8. The predicted octanol–water partition coefficient (Wildman–Crippen LogP) is 21.5. The van der Waals surface area contributed by atoms with Gasteiger partial charge in [-0.3, -0.25) is 0 Å². The summed E-state index contributed by atoms with van der Waals surface area (Å²) in [6, 6.07) is 47.0.